The fourth-order valence-electron chi connectivity index (χ4n) is 9.89. The number of cyclic esters (lactones) is 1. The summed E-state index contributed by atoms with van der Waals surface area (Å²) >= 11 is 0. The van der Waals surface area contributed by atoms with Crippen molar-refractivity contribution in [3.8, 4) is 0 Å². The van der Waals surface area contributed by atoms with Crippen molar-refractivity contribution in [2.24, 2.45) is 41.4 Å². The van der Waals surface area contributed by atoms with Crippen LogP contribution in [0.25, 0.3) is 0 Å². The van der Waals surface area contributed by atoms with Gasteiger partial charge in [0.25, 0.3) is 11.7 Å². The molecular weight excluding hydrogens is 887 g/mol. The van der Waals surface area contributed by atoms with E-state index in [0.29, 0.717) is 37.7 Å². The maximum absolute atomic E-state index is 14.6. The van der Waals surface area contributed by atoms with Crippen LogP contribution < -0.4 is 0 Å². The SMILES string of the molecule is [2H]C([2H])([2H])O[C@H]1C[C@@H]2CC[C@@H](C)[C@@](O)(O2)C(=O)C(=O)N2CCCC[C@H]2C(=O)O[C@H]([C@H](C)C[C@@H]2CC[C@@H](OC([2H])([2H])CO)[C@H](OC)C2)CC(=O)[C@H](C([2H])([2H])[2H])/C=C(\C)[C@@H](O)[C@@H](OC)C(=O)[C@H](C)C([2H])(C)[C@]([2H])(C)/C=C/C=C/C=C/1C. The molecule has 2 bridgehead atoms. The molecule has 2 saturated heterocycles. The summed E-state index contributed by atoms with van der Waals surface area (Å²) in [5.74, 6) is -16.8. The molecule has 4 rings (SSSR count). The van der Waals surface area contributed by atoms with Gasteiger partial charge in [-0.1, -0.05) is 77.9 Å². The lowest BCUT2D eigenvalue weighted by atomic mass is 9.78. The Morgan fingerprint density at radius 1 is 0.942 bits per heavy atom. The molecule has 15 nitrogen and oxygen atoms in total. The number of methoxy groups -OCH3 is 3. The van der Waals surface area contributed by atoms with Gasteiger partial charge in [0, 0.05) is 65.3 Å². The molecule has 3 heterocycles. The number of rotatable bonds is 9. The zero-order valence-corrected chi connectivity index (χ0v) is 41.9. The van der Waals surface area contributed by atoms with Gasteiger partial charge in [0.1, 0.15) is 30.1 Å². The average molecular weight is 982 g/mol. The minimum Gasteiger partial charge on any atom is -0.460 e. The molecule has 1 unspecified atom stereocenters. The van der Waals surface area contributed by atoms with Crippen LogP contribution in [0.2, 0.25) is 0 Å². The molecule has 0 aromatic rings. The lowest BCUT2D eigenvalue weighted by Crippen LogP contribution is -2.61. The number of carbonyl (C=O) groups excluding carboxylic acids is 5. The van der Waals surface area contributed by atoms with Crippen LogP contribution >= 0.6 is 0 Å². The zero-order valence-electron chi connectivity index (χ0n) is 51.9. The molecule has 390 valence electrons. The van der Waals surface area contributed by atoms with E-state index in [0.717, 1.165) is 18.1 Å². The van der Waals surface area contributed by atoms with Crippen LogP contribution in [-0.4, -0.2) is 145 Å². The first-order valence-corrected chi connectivity index (χ1v) is 24.4. The third-order valence-corrected chi connectivity index (χ3v) is 14.8. The van der Waals surface area contributed by atoms with E-state index in [1.807, 2.05) is 0 Å². The summed E-state index contributed by atoms with van der Waals surface area (Å²) in [5.41, 5.74) is 0.243. The van der Waals surface area contributed by atoms with Crippen molar-refractivity contribution in [1.29, 1.82) is 0 Å². The van der Waals surface area contributed by atoms with Gasteiger partial charge in [-0.15, -0.1) is 0 Å². The Morgan fingerprint density at radius 3 is 2.38 bits per heavy atom. The van der Waals surface area contributed by atoms with Crippen molar-refractivity contribution in [3.63, 3.8) is 0 Å². The number of esters is 1. The Hall–Kier alpha value is -3.41. The molecule has 1 saturated carbocycles. The molecule has 0 spiro atoms. The van der Waals surface area contributed by atoms with Gasteiger partial charge in [-0.05, 0) is 106 Å². The van der Waals surface area contributed by atoms with Crippen molar-refractivity contribution in [2.75, 3.05) is 41.0 Å². The van der Waals surface area contributed by atoms with Gasteiger partial charge >= 0.3 is 5.97 Å². The third kappa shape index (κ3) is 15.3. The van der Waals surface area contributed by atoms with E-state index >= 15 is 0 Å². The van der Waals surface area contributed by atoms with Gasteiger partial charge in [0.2, 0.25) is 5.79 Å². The summed E-state index contributed by atoms with van der Waals surface area (Å²) in [6.45, 7) is 3.89. The Kier molecular flexibility index (Phi) is 17.6. The largest absolute Gasteiger partial charge is 0.460 e. The summed E-state index contributed by atoms with van der Waals surface area (Å²) in [5, 5.41) is 33.3. The van der Waals surface area contributed by atoms with Crippen molar-refractivity contribution >= 4 is 29.2 Å². The number of Topliss-reactive ketones (excluding diaryl/α,β-unsaturated/α-hetero) is 3. The lowest BCUT2D eigenvalue weighted by Gasteiger charge is -2.42. The monoisotopic (exact) mass is 982 g/mol. The molecule has 1 amide bonds. The number of aliphatic hydroxyl groups is 3. The normalized spacial score (nSPS) is 44.7. The predicted octanol–water partition coefficient (Wildman–Crippen LogP) is 6.44. The van der Waals surface area contributed by atoms with Crippen LogP contribution in [0.4, 0.5) is 0 Å². The summed E-state index contributed by atoms with van der Waals surface area (Å²) in [6.07, 6.45) is 1.64. The maximum atomic E-state index is 14.6. The summed E-state index contributed by atoms with van der Waals surface area (Å²) in [4.78, 5) is 73.3. The summed E-state index contributed by atoms with van der Waals surface area (Å²) in [6, 6.07) is -1.41. The number of fused-ring (bicyclic) bond motifs is 3. The first-order valence-electron chi connectivity index (χ1n) is 29.4. The fourth-order valence-corrected chi connectivity index (χ4v) is 9.89. The summed E-state index contributed by atoms with van der Waals surface area (Å²) < 4.78 is 118. The van der Waals surface area contributed by atoms with Crippen LogP contribution in [0.15, 0.2) is 47.6 Å². The van der Waals surface area contributed by atoms with Crippen LogP contribution in [-0.2, 0) is 52.4 Å². The highest BCUT2D eigenvalue weighted by atomic mass is 16.6. The second kappa shape index (κ2) is 27.4. The number of carbonyl (C=O) groups is 5. The predicted molar refractivity (Wildman–Crippen MR) is 261 cm³/mol. The minimum absolute atomic E-state index is 0.00530. The van der Waals surface area contributed by atoms with Crippen molar-refractivity contribution in [1.82, 2.24) is 4.90 Å². The van der Waals surface area contributed by atoms with Gasteiger partial charge in [-0.3, -0.25) is 19.2 Å². The fraction of sp³-hybridized carbons (Fsp3) is 0.759. The van der Waals surface area contributed by atoms with Crippen LogP contribution in [0.1, 0.15) is 140 Å². The van der Waals surface area contributed by atoms with E-state index < -0.39 is 153 Å². The molecule has 0 aromatic carbocycles. The standard InChI is InChI=1S/C54H85NO14/c1-32-17-13-12-14-18-33(2)45(64-9)30-41-22-20-37(6)54(63,69-41)51(60)52(61)55-24-16-15-19-42(55)53(62)68-46(35(4)28-40-21-23-44(67-26-25-56)47(29-40)65-10)31-43(57)34(3)27-36(5)48(58)50(66-11)49(59)39(8)38(32)7/h12-14,17-18,27,32,34-35,37-42,44-48,50,56,58,63H,15-16,19-26,28-31H2,1-11H3/b14-12+,17-13+,33-18+,36-27+/t32-,34-,35-,37-,38?,39-,40+,41+,42+,44-,45+,46+,47-,48-,50-,54-/m1/s1/i3D3,9D3,26D2,32D,38D. The Bertz CT molecular complexity index is 2250. The molecule has 16 atom stereocenters. The lowest BCUT2D eigenvalue weighted by molar-refractivity contribution is -0.265. The van der Waals surface area contributed by atoms with Gasteiger partial charge < -0.3 is 48.6 Å². The summed E-state index contributed by atoms with van der Waals surface area (Å²) in [7, 11) is -0.334. The van der Waals surface area contributed by atoms with E-state index in [1.165, 1.54) is 66.0 Å². The van der Waals surface area contributed by atoms with E-state index in [1.54, 1.807) is 19.9 Å². The first-order chi connectivity index (χ1) is 36.4. The van der Waals surface area contributed by atoms with Crippen LogP contribution in [0.5, 0.6) is 0 Å². The number of hydrogen-bond acceptors (Lipinski definition) is 14. The van der Waals surface area contributed by atoms with Crippen LogP contribution in [0.3, 0.4) is 0 Å². The van der Waals surface area contributed by atoms with E-state index in [2.05, 4.69) is 0 Å². The van der Waals surface area contributed by atoms with Gasteiger partial charge in [0.15, 0.2) is 5.78 Å². The molecule has 3 aliphatic heterocycles. The van der Waals surface area contributed by atoms with Gasteiger partial charge in [-0.25, -0.2) is 4.79 Å². The second-order valence-electron chi connectivity index (χ2n) is 19.5. The topological polar surface area (TPSA) is 205 Å². The number of hydrogen-bond donors (Lipinski definition) is 3. The Balaban J connectivity index is 1.85. The molecule has 69 heavy (non-hydrogen) atoms. The molecule has 1 aliphatic carbocycles. The van der Waals surface area contributed by atoms with Crippen molar-refractivity contribution in [2.45, 2.75) is 181 Å². The number of amides is 1. The van der Waals surface area contributed by atoms with Crippen molar-refractivity contribution < 1.29 is 81.4 Å². The molecule has 0 radical (unpaired) electrons. The molecule has 0 aromatic heterocycles. The molecule has 4 aliphatic rings. The number of nitrogens with zero attached hydrogens (tertiary/aromatic N) is 1. The molecular formula is C54H85NO14. The maximum Gasteiger partial charge on any atom is 0.329 e. The molecule has 15 heteroatoms. The van der Waals surface area contributed by atoms with Gasteiger partial charge in [-0.2, -0.15) is 0 Å². The highest BCUT2D eigenvalue weighted by Gasteiger charge is 2.53. The number of allylic oxidation sites excluding steroid dienone is 6. The Labute approximate surface area is 425 Å². The quantitative estimate of drug-likeness (QED) is 0.129. The number of piperidine rings is 1. The average Bonchev–Trinajstić information content (AvgIpc) is 3.38. The van der Waals surface area contributed by atoms with E-state index in [-0.39, 0.29) is 50.1 Å². The van der Waals surface area contributed by atoms with E-state index in [9.17, 15) is 42.0 Å². The number of ketones is 3. The van der Waals surface area contributed by atoms with Crippen molar-refractivity contribution in [3.05, 3.63) is 47.6 Å². The smallest absolute Gasteiger partial charge is 0.329 e. The van der Waals surface area contributed by atoms with Crippen LogP contribution in [0, 0.1) is 41.4 Å². The minimum atomic E-state index is -3.06. The second-order valence-corrected chi connectivity index (χ2v) is 19.5. The highest BCUT2D eigenvalue weighted by Crippen LogP contribution is 2.38. The Morgan fingerprint density at radius 2 is 1.70 bits per heavy atom. The van der Waals surface area contributed by atoms with E-state index in [4.69, 9.17) is 39.4 Å². The number of aliphatic hydroxyl groups excluding tert-OH is 2. The molecule has 3 N–H and O–H groups in total. The third-order valence-electron chi connectivity index (χ3n) is 14.8. The highest BCUT2D eigenvalue weighted by molar-refractivity contribution is 6.39. The number of ether oxygens (including phenoxy) is 6. The zero-order chi connectivity index (χ0) is 59.8. The van der Waals surface area contributed by atoms with Gasteiger partial charge in [0.05, 0.1) is 44.4 Å². The first kappa shape index (κ1) is 44.3. The molecule has 3 fully saturated rings.